The van der Waals surface area contributed by atoms with Crippen molar-refractivity contribution in [2.75, 3.05) is 33.2 Å². The van der Waals surface area contributed by atoms with Crippen molar-refractivity contribution in [2.24, 2.45) is 0 Å². The van der Waals surface area contributed by atoms with Gasteiger partial charge in [-0.2, -0.15) is 5.10 Å². The molecule has 1 N–H and O–H groups in total. The quantitative estimate of drug-likeness (QED) is 0.886. The molecule has 2 heterocycles. The van der Waals surface area contributed by atoms with Gasteiger partial charge in [-0.15, -0.1) is 0 Å². The number of hydrogen-bond acceptors (Lipinski definition) is 2. The first-order valence-electron chi connectivity index (χ1n) is 9.84. The van der Waals surface area contributed by atoms with Crippen LogP contribution in [0, 0.1) is 6.92 Å². The van der Waals surface area contributed by atoms with Crippen molar-refractivity contribution in [1.29, 1.82) is 0 Å². The smallest absolute Gasteiger partial charge is 0.258 e. The van der Waals surface area contributed by atoms with Gasteiger partial charge in [-0.1, -0.05) is 38.5 Å². The van der Waals surface area contributed by atoms with Gasteiger partial charge in [0.15, 0.2) is 0 Å². The number of amides is 1. The highest BCUT2D eigenvalue weighted by molar-refractivity contribution is 5.96. The first kappa shape index (κ1) is 18.6. The average molecular weight is 356 g/mol. The lowest BCUT2D eigenvalue weighted by atomic mass is 10.1. The van der Waals surface area contributed by atoms with E-state index in [4.69, 9.17) is 5.10 Å². The van der Waals surface area contributed by atoms with Gasteiger partial charge in [-0.25, -0.2) is 4.68 Å². The fourth-order valence-electron chi connectivity index (χ4n) is 3.74. The molecule has 0 aliphatic carbocycles. The van der Waals surface area contributed by atoms with Crippen LogP contribution >= 0.6 is 0 Å². The lowest BCUT2D eigenvalue weighted by Crippen LogP contribution is -3.12. The summed E-state index contributed by atoms with van der Waals surface area (Å²) in [4.78, 5) is 16.9. The summed E-state index contributed by atoms with van der Waals surface area (Å²) >= 11 is 0. The molecule has 26 heavy (non-hydrogen) atoms. The molecular formula is C21H31N4O+. The van der Waals surface area contributed by atoms with Gasteiger partial charge >= 0.3 is 0 Å². The zero-order valence-corrected chi connectivity index (χ0v) is 16.5. The number of rotatable bonds is 5. The van der Waals surface area contributed by atoms with Crippen molar-refractivity contribution in [3.05, 3.63) is 46.8 Å². The number of likely N-dealkylation sites (N-methyl/N-ethyl adjacent to an activating group) is 1. The largest absolute Gasteiger partial charge is 0.334 e. The van der Waals surface area contributed by atoms with Crippen LogP contribution in [0.5, 0.6) is 0 Å². The van der Waals surface area contributed by atoms with E-state index in [1.807, 2.05) is 21.7 Å². The molecule has 3 rings (SSSR count). The topological polar surface area (TPSA) is 42.6 Å². The highest BCUT2D eigenvalue weighted by Crippen LogP contribution is 2.24. The van der Waals surface area contributed by atoms with E-state index in [1.165, 1.54) is 10.5 Å². The third-order valence-electron chi connectivity index (χ3n) is 5.34. The second-order valence-electron chi connectivity index (χ2n) is 7.32. The van der Waals surface area contributed by atoms with E-state index in [0.29, 0.717) is 0 Å². The van der Waals surface area contributed by atoms with Gasteiger partial charge in [-0.3, -0.25) is 4.79 Å². The number of aromatic nitrogens is 2. The number of para-hydroxylation sites is 1. The Balaban J connectivity index is 2.06. The molecule has 1 fully saturated rings. The van der Waals surface area contributed by atoms with Crippen LogP contribution in [0.3, 0.4) is 0 Å². The van der Waals surface area contributed by atoms with E-state index in [0.717, 1.165) is 68.1 Å². The molecule has 0 atom stereocenters. The van der Waals surface area contributed by atoms with Crippen molar-refractivity contribution in [3.8, 4) is 5.69 Å². The zero-order valence-electron chi connectivity index (χ0n) is 16.5. The molecule has 140 valence electrons. The van der Waals surface area contributed by atoms with Gasteiger partial charge in [0.2, 0.25) is 0 Å². The number of carbonyl (C=O) groups is 1. The number of nitrogens with zero attached hydrogens (tertiary/aromatic N) is 3. The summed E-state index contributed by atoms with van der Waals surface area (Å²) < 4.78 is 2.01. The minimum atomic E-state index is 0.164. The molecule has 1 amide bonds. The van der Waals surface area contributed by atoms with Crippen LogP contribution in [-0.2, 0) is 12.8 Å². The summed E-state index contributed by atoms with van der Waals surface area (Å²) in [5.74, 6) is 0.164. The highest BCUT2D eigenvalue weighted by atomic mass is 16.2. The summed E-state index contributed by atoms with van der Waals surface area (Å²) in [6.45, 7) is 10.0. The maximum Gasteiger partial charge on any atom is 0.258 e. The fourth-order valence-corrected chi connectivity index (χ4v) is 3.74. The number of quaternary nitrogens is 1. The van der Waals surface area contributed by atoms with Crippen LogP contribution in [0.4, 0.5) is 0 Å². The standard InChI is InChI=1S/C21H30N4O/c1-5-9-17-20(21(26)24-14-12-23(4)13-15-24)18(6-2)25(22-17)19-11-8-7-10-16(19)3/h7-8,10-11H,5-6,9,12-15H2,1-4H3/p+1. The van der Waals surface area contributed by atoms with Crippen molar-refractivity contribution in [1.82, 2.24) is 14.7 Å². The molecule has 5 nitrogen and oxygen atoms in total. The molecule has 0 bridgehead atoms. The monoisotopic (exact) mass is 355 g/mol. The molecular weight excluding hydrogens is 324 g/mol. The zero-order chi connectivity index (χ0) is 18.7. The van der Waals surface area contributed by atoms with Crippen molar-refractivity contribution in [2.45, 2.75) is 40.0 Å². The molecule has 1 aromatic carbocycles. The highest BCUT2D eigenvalue weighted by Gasteiger charge is 2.29. The third-order valence-corrected chi connectivity index (χ3v) is 5.34. The first-order chi connectivity index (χ1) is 12.6. The Morgan fingerprint density at radius 2 is 1.88 bits per heavy atom. The van der Waals surface area contributed by atoms with Crippen LogP contribution in [0.2, 0.25) is 0 Å². The molecule has 1 aliphatic heterocycles. The molecule has 5 heteroatoms. The maximum absolute atomic E-state index is 13.4. The predicted octanol–water partition coefficient (Wildman–Crippen LogP) is 1.67. The predicted molar refractivity (Wildman–Crippen MR) is 104 cm³/mol. The van der Waals surface area contributed by atoms with Crippen molar-refractivity contribution >= 4 is 5.91 Å². The second kappa shape index (κ2) is 8.04. The molecule has 0 saturated carbocycles. The number of nitrogens with one attached hydrogen (secondary N) is 1. The molecule has 0 radical (unpaired) electrons. The van der Waals surface area contributed by atoms with E-state index < -0.39 is 0 Å². The fraction of sp³-hybridized carbons (Fsp3) is 0.524. The number of piperazine rings is 1. The Morgan fingerprint density at radius 3 is 2.50 bits per heavy atom. The lowest BCUT2D eigenvalue weighted by Gasteiger charge is -2.30. The number of aryl methyl sites for hydroxylation is 2. The van der Waals surface area contributed by atoms with Crippen molar-refractivity contribution < 1.29 is 9.69 Å². The summed E-state index contributed by atoms with van der Waals surface area (Å²) in [5, 5.41) is 4.90. The van der Waals surface area contributed by atoms with Crippen LogP contribution in [0.25, 0.3) is 5.69 Å². The summed E-state index contributed by atoms with van der Waals surface area (Å²) in [6, 6.07) is 8.26. The van der Waals surface area contributed by atoms with E-state index in [2.05, 4.69) is 40.0 Å². The first-order valence-corrected chi connectivity index (χ1v) is 9.84. The minimum absolute atomic E-state index is 0.164. The maximum atomic E-state index is 13.4. The third kappa shape index (κ3) is 3.54. The number of hydrogen-bond donors (Lipinski definition) is 1. The second-order valence-corrected chi connectivity index (χ2v) is 7.32. The molecule has 1 aromatic heterocycles. The SMILES string of the molecule is CCCc1nn(-c2ccccc2C)c(CC)c1C(=O)N1CC[NH+](C)CC1. The Bertz CT molecular complexity index is 772. The van der Waals surface area contributed by atoms with E-state index >= 15 is 0 Å². The van der Waals surface area contributed by atoms with Gasteiger partial charge in [0.25, 0.3) is 5.91 Å². The van der Waals surface area contributed by atoms with Gasteiger partial charge in [-0.05, 0) is 31.4 Å². The van der Waals surface area contributed by atoms with Crippen LogP contribution in [0.1, 0.15) is 47.6 Å². The Kier molecular flexibility index (Phi) is 5.77. The summed E-state index contributed by atoms with van der Waals surface area (Å²) in [6.07, 6.45) is 2.62. The average Bonchev–Trinajstić information content (AvgIpc) is 3.00. The van der Waals surface area contributed by atoms with Gasteiger partial charge in [0.1, 0.15) is 0 Å². The van der Waals surface area contributed by atoms with Gasteiger partial charge in [0.05, 0.1) is 55.9 Å². The van der Waals surface area contributed by atoms with E-state index in [-0.39, 0.29) is 5.91 Å². The molecule has 2 aromatic rings. The Hall–Kier alpha value is -2.14. The number of benzene rings is 1. The van der Waals surface area contributed by atoms with Gasteiger partial charge < -0.3 is 9.80 Å². The Labute approximate surface area is 156 Å². The van der Waals surface area contributed by atoms with Crippen molar-refractivity contribution in [3.63, 3.8) is 0 Å². The normalized spacial score (nSPS) is 15.5. The van der Waals surface area contributed by atoms with Crippen LogP contribution < -0.4 is 4.90 Å². The van der Waals surface area contributed by atoms with Crippen LogP contribution in [-0.4, -0.2) is 53.8 Å². The number of carbonyl (C=O) groups excluding carboxylic acids is 1. The van der Waals surface area contributed by atoms with Gasteiger partial charge in [0, 0.05) is 0 Å². The lowest BCUT2D eigenvalue weighted by molar-refractivity contribution is -0.883. The van der Waals surface area contributed by atoms with E-state index in [1.54, 1.807) is 0 Å². The molecule has 1 saturated heterocycles. The Morgan fingerprint density at radius 1 is 1.19 bits per heavy atom. The summed E-state index contributed by atoms with van der Waals surface area (Å²) in [5.41, 5.74) is 5.08. The van der Waals surface area contributed by atoms with E-state index in [9.17, 15) is 4.79 Å². The molecule has 0 spiro atoms. The minimum Gasteiger partial charge on any atom is -0.334 e. The molecule has 1 aliphatic rings. The molecule has 0 unspecified atom stereocenters. The summed E-state index contributed by atoms with van der Waals surface area (Å²) in [7, 11) is 2.19. The van der Waals surface area contributed by atoms with Crippen LogP contribution in [0.15, 0.2) is 24.3 Å².